The number of aromatic nitrogens is 1. The number of carboxylic acid groups (broad SMARTS) is 1. The molecular formula is C15H13ClFNO3. The van der Waals surface area contributed by atoms with E-state index in [0.29, 0.717) is 11.1 Å². The molecule has 0 atom stereocenters. The number of hydrogen-bond acceptors (Lipinski definition) is 3. The summed E-state index contributed by atoms with van der Waals surface area (Å²) >= 11 is 5.91. The number of rotatable bonds is 3. The number of carboxylic acids is 1. The van der Waals surface area contributed by atoms with Crippen molar-refractivity contribution >= 4 is 17.6 Å². The molecule has 1 aromatic carbocycles. The van der Waals surface area contributed by atoms with Crippen LogP contribution in [0.4, 0.5) is 4.39 Å². The lowest BCUT2D eigenvalue weighted by Gasteiger charge is -2.12. The molecule has 2 aromatic rings. The van der Waals surface area contributed by atoms with Crippen molar-refractivity contribution in [2.24, 2.45) is 0 Å². The van der Waals surface area contributed by atoms with E-state index >= 15 is 0 Å². The van der Waals surface area contributed by atoms with Crippen LogP contribution in [0.15, 0.2) is 18.2 Å². The second-order valence-corrected chi connectivity index (χ2v) is 4.95. The van der Waals surface area contributed by atoms with Gasteiger partial charge in [-0.15, -0.1) is 0 Å². The molecule has 1 heterocycles. The highest BCUT2D eigenvalue weighted by atomic mass is 35.5. The maximum Gasteiger partial charge on any atom is 0.356 e. The summed E-state index contributed by atoms with van der Waals surface area (Å²) in [6, 6.07) is 4.76. The van der Waals surface area contributed by atoms with Gasteiger partial charge in [-0.3, -0.25) is 0 Å². The fourth-order valence-corrected chi connectivity index (χ4v) is 2.22. The Morgan fingerprint density at radius 2 is 2.00 bits per heavy atom. The summed E-state index contributed by atoms with van der Waals surface area (Å²) in [5.74, 6) is -1.73. The number of pyridine rings is 1. The molecule has 1 aromatic heterocycles. The first-order valence-electron chi connectivity index (χ1n) is 6.10. The van der Waals surface area contributed by atoms with Crippen LogP contribution in [0.1, 0.15) is 21.6 Å². The zero-order valence-corrected chi connectivity index (χ0v) is 12.5. The summed E-state index contributed by atoms with van der Waals surface area (Å²) in [6.07, 6.45) is 0. The van der Waals surface area contributed by atoms with Crippen molar-refractivity contribution in [3.63, 3.8) is 0 Å². The van der Waals surface area contributed by atoms with Gasteiger partial charge in [-0.05, 0) is 37.1 Å². The summed E-state index contributed by atoms with van der Waals surface area (Å²) in [4.78, 5) is 15.1. The number of hydrogen-bond donors (Lipinski definition) is 1. The van der Waals surface area contributed by atoms with Crippen LogP contribution in [-0.4, -0.2) is 23.2 Å². The van der Waals surface area contributed by atoms with Crippen LogP contribution in [0.3, 0.4) is 0 Å². The number of aryl methyl sites for hydroxylation is 2. The van der Waals surface area contributed by atoms with Gasteiger partial charge in [0, 0.05) is 5.56 Å². The van der Waals surface area contributed by atoms with E-state index < -0.39 is 11.8 Å². The molecule has 6 heteroatoms. The first-order chi connectivity index (χ1) is 9.86. The molecule has 1 N–H and O–H groups in total. The Labute approximate surface area is 126 Å². The fraction of sp³-hybridized carbons (Fsp3) is 0.200. The molecule has 2 rings (SSSR count). The smallest absolute Gasteiger partial charge is 0.356 e. The molecule has 0 radical (unpaired) electrons. The topological polar surface area (TPSA) is 59.4 Å². The number of benzene rings is 1. The molecular weight excluding hydrogens is 297 g/mol. The Balaban J connectivity index is 2.71. The zero-order valence-electron chi connectivity index (χ0n) is 11.7. The predicted molar refractivity (Wildman–Crippen MR) is 77.6 cm³/mol. The molecule has 0 amide bonds. The van der Waals surface area contributed by atoms with Gasteiger partial charge >= 0.3 is 5.97 Å². The van der Waals surface area contributed by atoms with E-state index in [2.05, 4.69) is 4.98 Å². The van der Waals surface area contributed by atoms with Gasteiger partial charge in [0.15, 0.2) is 17.3 Å². The third-order valence-corrected chi connectivity index (χ3v) is 3.59. The number of aromatic carboxylic acids is 1. The highest BCUT2D eigenvalue weighted by Crippen LogP contribution is 2.33. The van der Waals surface area contributed by atoms with Crippen molar-refractivity contribution in [2.75, 3.05) is 7.11 Å². The van der Waals surface area contributed by atoms with E-state index in [1.165, 1.54) is 13.2 Å². The first kappa shape index (κ1) is 15.3. The van der Waals surface area contributed by atoms with Crippen LogP contribution in [0.5, 0.6) is 5.75 Å². The molecule has 0 spiro atoms. The van der Waals surface area contributed by atoms with E-state index in [4.69, 9.17) is 21.4 Å². The number of methoxy groups -OCH3 is 1. The molecule has 0 fully saturated rings. The Morgan fingerprint density at radius 3 is 2.57 bits per heavy atom. The Hall–Kier alpha value is -2.14. The SMILES string of the molecule is COc1c(C)ccc(-c2cc(C)c(Cl)c(C(=O)O)n2)c1F. The van der Waals surface area contributed by atoms with Crippen molar-refractivity contribution < 1.29 is 19.0 Å². The van der Waals surface area contributed by atoms with Crippen molar-refractivity contribution in [1.82, 2.24) is 4.98 Å². The molecule has 0 aliphatic rings. The minimum Gasteiger partial charge on any atom is -0.493 e. The van der Waals surface area contributed by atoms with Gasteiger partial charge in [0.1, 0.15) is 0 Å². The van der Waals surface area contributed by atoms with E-state index in [1.807, 2.05) is 0 Å². The quantitative estimate of drug-likeness (QED) is 0.935. The molecule has 4 nitrogen and oxygen atoms in total. The van der Waals surface area contributed by atoms with Crippen LogP contribution >= 0.6 is 11.6 Å². The standard InChI is InChI=1S/C15H13ClFNO3/c1-7-4-5-9(12(17)14(7)21-3)10-6-8(2)11(16)13(18-10)15(19)20/h4-6H,1-3H3,(H,19,20). The monoisotopic (exact) mass is 309 g/mol. The van der Waals surface area contributed by atoms with Crippen LogP contribution in [0.25, 0.3) is 11.3 Å². The van der Waals surface area contributed by atoms with E-state index in [1.54, 1.807) is 26.0 Å². The number of ether oxygens (including phenoxy) is 1. The molecule has 21 heavy (non-hydrogen) atoms. The number of carbonyl (C=O) groups is 1. The maximum absolute atomic E-state index is 14.4. The largest absolute Gasteiger partial charge is 0.493 e. The second-order valence-electron chi connectivity index (χ2n) is 4.57. The molecule has 0 aliphatic carbocycles. The number of halogens is 2. The molecule has 0 bridgehead atoms. The van der Waals surface area contributed by atoms with Gasteiger partial charge in [0.05, 0.1) is 17.8 Å². The minimum absolute atomic E-state index is 0.0470. The van der Waals surface area contributed by atoms with Crippen molar-refractivity contribution in [3.05, 3.63) is 45.9 Å². The average Bonchev–Trinajstić information content (AvgIpc) is 2.42. The Bertz CT molecular complexity index is 731. The molecule has 110 valence electrons. The van der Waals surface area contributed by atoms with Crippen molar-refractivity contribution in [3.8, 4) is 17.0 Å². The molecule has 0 saturated carbocycles. The van der Waals surface area contributed by atoms with Crippen LogP contribution in [0.2, 0.25) is 5.02 Å². The molecule has 0 unspecified atom stereocenters. The van der Waals surface area contributed by atoms with Gasteiger partial charge in [0.25, 0.3) is 0 Å². The average molecular weight is 310 g/mol. The van der Waals surface area contributed by atoms with Gasteiger partial charge in [-0.2, -0.15) is 0 Å². The summed E-state index contributed by atoms with van der Waals surface area (Å²) < 4.78 is 19.5. The fourth-order valence-electron chi connectivity index (χ4n) is 2.04. The van der Waals surface area contributed by atoms with E-state index in [9.17, 15) is 9.18 Å². The summed E-state index contributed by atoms with van der Waals surface area (Å²) in [5, 5.41) is 9.16. The van der Waals surface area contributed by atoms with E-state index in [-0.39, 0.29) is 27.7 Å². The van der Waals surface area contributed by atoms with Crippen LogP contribution in [-0.2, 0) is 0 Å². The Morgan fingerprint density at radius 1 is 1.33 bits per heavy atom. The van der Waals surface area contributed by atoms with Gasteiger partial charge in [-0.1, -0.05) is 17.7 Å². The Kier molecular flexibility index (Phi) is 4.14. The lowest BCUT2D eigenvalue weighted by Crippen LogP contribution is -2.05. The van der Waals surface area contributed by atoms with Crippen molar-refractivity contribution in [1.29, 1.82) is 0 Å². The third-order valence-electron chi connectivity index (χ3n) is 3.12. The van der Waals surface area contributed by atoms with Crippen LogP contribution in [0, 0.1) is 19.7 Å². The molecule has 0 saturated heterocycles. The normalized spacial score (nSPS) is 10.5. The van der Waals surface area contributed by atoms with Gasteiger partial charge in [0.2, 0.25) is 0 Å². The van der Waals surface area contributed by atoms with Crippen molar-refractivity contribution in [2.45, 2.75) is 13.8 Å². The third kappa shape index (κ3) is 2.69. The zero-order chi connectivity index (χ0) is 15.7. The lowest BCUT2D eigenvalue weighted by molar-refractivity contribution is 0.0690. The summed E-state index contributed by atoms with van der Waals surface area (Å²) in [6.45, 7) is 3.36. The second kappa shape index (κ2) is 5.69. The molecule has 0 aliphatic heterocycles. The maximum atomic E-state index is 14.4. The summed E-state index contributed by atoms with van der Waals surface area (Å²) in [7, 11) is 1.37. The summed E-state index contributed by atoms with van der Waals surface area (Å²) in [5.41, 5.74) is 1.22. The van der Waals surface area contributed by atoms with E-state index in [0.717, 1.165) is 0 Å². The predicted octanol–water partition coefficient (Wildman–Crippen LogP) is 3.86. The minimum atomic E-state index is -1.26. The first-order valence-corrected chi connectivity index (χ1v) is 6.48. The highest BCUT2D eigenvalue weighted by molar-refractivity contribution is 6.34. The van der Waals surface area contributed by atoms with Gasteiger partial charge in [-0.25, -0.2) is 14.2 Å². The lowest BCUT2D eigenvalue weighted by atomic mass is 10.0. The number of nitrogens with zero attached hydrogens (tertiary/aromatic N) is 1. The highest BCUT2D eigenvalue weighted by Gasteiger charge is 2.19. The van der Waals surface area contributed by atoms with Gasteiger partial charge < -0.3 is 9.84 Å². The van der Waals surface area contributed by atoms with Crippen LogP contribution < -0.4 is 4.74 Å².